The third-order valence-corrected chi connectivity index (χ3v) is 3.28. The van der Waals surface area contributed by atoms with Crippen LogP contribution >= 0.6 is 0 Å². The molecule has 19 heavy (non-hydrogen) atoms. The smallest absolute Gasteiger partial charge is 0.315 e. The maximum atomic E-state index is 11.8. The second kappa shape index (κ2) is 6.56. The summed E-state index contributed by atoms with van der Waals surface area (Å²) in [6.45, 7) is 5.40. The fraction of sp³-hybridized carbons (Fsp3) is 0.692. The number of aromatic nitrogens is 2. The molecule has 2 N–H and O–H groups in total. The lowest BCUT2D eigenvalue weighted by Crippen LogP contribution is -2.49. The molecular formula is C13H22N4O2. The molecule has 0 saturated carbocycles. The summed E-state index contributed by atoms with van der Waals surface area (Å²) in [5.41, 5.74) is 0. The van der Waals surface area contributed by atoms with Gasteiger partial charge in [0.15, 0.2) is 0 Å². The van der Waals surface area contributed by atoms with Gasteiger partial charge in [-0.3, -0.25) is 4.68 Å². The Bertz CT molecular complexity index is 387. The molecule has 2 rings (SSSR count). The highest BCUT2D eigenvalue weighted by Crippen LogP contribution is 2.15. The molecule has 3 atom stereocenters. The van der Waals surface area contributed by atoms with Gasteiger partial charge in [-0.25, -0.2) is 4.79 Å². The lowest BCUT2D eigenvalue weighted by molar-refractivity contribution is 0.0858. The number of nitrogens with zero attached hydrogens (tertiary/aromatic N) is 2. The van der Waals surface area contributed by atoms with Gasteiger partial charge in [-0.05, 0) is 32.8 Å². The molecule has 2 amide bonds. The van der Waals surface area contributed by atoms with Crippen molar-refractivity contribution in [3.8, 4) is 0 Å². The third-order valence-electron chi connectivity index (χ3n) is 3.28. The van der Waals surface area contributed by atoms with E-state index in [-0.39, 0.29) is 24.2 Å². The zero-order valence-corrected chi connectivity index (χ0v) is 11.5. The van der Waals surface area contributed by atoms with Gasteiger partial charge in [0.2, 0.25) is 0 Å². The Labute approximate surface area is 113 Å². The van der Waals surface area contributed by atoms with Crippen molar-refractivity contribution < 1.29 is 9.53 Å². The lowest BCUT2D eigenvalue weighted by atomic mass is 10.1. The SMILES string of the molecule is C[C@H](Cn1cccn1)NC(=O)N[C@H](C)[C@H]1CCCO1. The number of rotatable bonds is 5. The van der Waals surface area contributed by atoms with Crippen LogP contribution in [-0.4, -0.2) is 40.6 Å². The molecule has 1 fully saturated rings. The molecule has 0 bridgehead atoms. The first-order valence-corrected chi connectivity index (χ1v) is 6.81. The Balaban J connectivity index is 1.71. The van der Waals surface area contributed by atoms with E-state index < -0.39 is 0 Å². The fourth-order valence-corrected chi connectivity index (χ4v) is 2.30. The maximum absolute atomic E-state index is 11.8. The van der Waals surface area contributed by atoms with E-state index in [9.17, 15) is 4.79 Å². The minimum Gasteiger partial charge on any atom is -0.376 e. The summed E-state index contributed by atoms with van der Waals surface area (Å²) in [5, 5.41) is 9.95. The molecule has 0 aromatic carbocycles. The summed E-state index contributed by atoms with van der Waals surface area (Å²) in [5.74, 6) is 0. The molecule has 1 aliphatic heterocycles. The molecule has 0 unspecified atom stereocenters. The Hall–Kier alpha value is -1.56. The Morgan fingerprint density at radius 1 is 1.53 bits per heavy atom. The topological polar surface area (TPSA) is 68.2 Å². The summed E-state index contributed by atoms with van der Waals surface area (Å²) in [7, 11) is 0. The normalized spacial score (nSPS) is 21.9. The molecule has 1 aromatic heterocycles. The van der Waals surface area contributed by atoms with Crippen LogP contribution < -0.4 is 10.6 Å². The van der Waals surface area contributed by atoms with Crippen LogP contribution in [0.2, 0.25) is 0 Å². The molecule has 0 aliphatic carbocycles. The fourth-order valence-electron chi connectivity index (χ4n) is 2.30. The van der Waals surface area contributed by atoms with Gasteiger partial charge in [0.1, 0.15) is 0 Å². The van der Waals surface area contributed by atoms with Crippen molar-refractivity contribution in [3.05, 3.63) is 18.5 Å². The van der Waals surface area contributed by atoms with E-state index in [0.29, 0.717) is 6.54 Å². The standard InChI is InChI=1S/C13H22N4O2/c1-10(9-17-7-4-6-14-17)15-13(18)16-11(2)12-5-3-8-19-12/h4,6-7,10-12H,3,5,8-9H2,1-2H3,(H2,15,16,18)/t10-,11-,12-/m1/s1. The van der Waals surface area contributed by atoms with Crippen LogP contribution in [-0.2, 0) is 11.3 Å². The number of ether oxygens (including phenoxy) is 1. The van der Waals surface area contributed by atoms with Gasteiger partial charge in [-0.2, -0.15) is 5.10 Å². The maximum Gasteiger partial charge on any atom is 0.315 e. The van der Waals surface area contributed by atoms with Crippen molar-refractivity contribution in [2.24, 2.45) is 0 Å². The zero-order valence-electron chi connectivity index (χ0n) is 11.5. The lowest BCUT2D eigenvalue weighted by Gasteiger charge is -2.22. The number of hydrogen-bond donors (Lipinski definition) is 2. The van der Waals surface area contributed by atoms with E-state index in [1.54, 1.807) is 10.9 Å². The monoisotopic (exact) mass is 266 g/mol. The Morgan fingerprint density at radius 2 is 2.37 bits per heavy atom. The molecule has 1 aromatic rings. The average molecular weight is 266 g/mol. The highest BCUT2D eigenvalue weighted by Gasteiger charge is 2.23. The highest BCUT2D eigenvalue weighted by molar-refractivity contribution is 5.74. The number of carbonyl (C=O) groups excluding carboxylic acids is 1. The third kappa shape index (κ3) is 4.24. The van der Waals surface area contributed by atoms with Gasteiger partial charge in [0.25, 0.3) is 0 Å². The second-order valence-corrected chi connectivity index (χ2v) is 5.09. The molecule has 0 radical (unpaired) electrons. The molecule has 1 aliphatic rings. The number of amides is 2. The van der Waals surface area contributed by atoms with Crippen molar-refractivity contribution in [3.63, 3.8) is 0 Å². The molecule has 2 heterocycles. The van der Waals surface area contributed by atoms with Crippen molar-refractivity contribution in [1.82, 2.24) is 20.4 Å². The largest absolute Gasteiger partial charge is 0.376 e. The van der Waals surface area contributed by atoms with E-state index in [1.807, 2.05) is 26.1 Å². The quantitative estimate of drug-likeness (QED) is 0.839. The first kappa shape index (κ1) is 13.9. The molecule has 106 valence electrons. The van der Waals surface area contributed by atoms with E-state index >= 15 is 0 Å². The van der Waals surface area contributed by atoms with Crippen LogP contribution in [0.1, 0.15) is 26.7 Å². The summed E-state index contributed by atoms with van der Waals surface area (Å²) in [6, 6.07) is 1.78. The van der Waals surface area contributed by atoms with E-state index in [2.05, 4.69) is 15.7 Å². The van der Waals surface area contributed by atoms with Gasteiger partial charge in [0, 0.05) is 25.0 Å². The molecule has 1 saturated heterocycles. The Kier molecular flexibility index (Phi) is 4.79. The average Bonchev–Trinajstić information content (AvgIpc) is 3.00. The minimum atomic E-state index is -0.150. The second-order valence-electron chi connectivity index (χ2n) is 5.09. The van der Waals surface area contributed by atoms with Crippen molar-refractivity contribution in [1.29, 1.82) is 0 Å². The number of nitrogens with one attached hydrogen (secondary N) is 2. The van der Waals surface area contributed by atoms with E-state index in [1.165, 1.54) is 0 Å². The van der Waals surface area contributed by atoms with Crippen LogP contribution in [0.4, 0.5) is 4.79 Å². The molecule has 6 heteroatoms. The summed E-state index contributed by atoms with van der Waals surface area (Å²) < 4.78 is 7.35. The predicted molar refractivity (Wildman–Crippen MR) is 71.8 cm³/mol. The zero-order chi connectivity index (χ0) is 13.7. The van der Waals surface area contributed by atoms with Crippen molar-refractivity contribution >= 4 is 6.03 Å². The Morgan fingerprint density at radius 3 is 3.00 bits per heavy atom. The molecule has 6 nitrogen and oxygen atoms in total. The summed E-state index contributed by atoms with van der Waals surface area (Å²) >= 11 is 0. The first-order valence-electron chi connectivity index (χ1n) is 6.81. The number of hydrogen-bond acceptors (Lipinski definition) is 3. The van der Waals surface area contributed by atoms with E-state index in [0.717, 1.165) is 19.4 Å². The summed E-state index contributed by atoms with van der Waals surface area (Å²) in [4.78, 5) is 11.8. The predicted octanol–water partition coefficient (Wildman–Crippen LogP) is 1.14. The van der Waals surface area contributed by atoms with Gasteiger partial charge in [0.05, 0.1) is 18.7 Å². The highest BCUT2D eigenvalue weighted by atomic mass is 16.5. The van der Waals surface area contributed by atoms with Gasteiger partial charge in [-0.15, -0.1) is 0 Å². The number of carbonyl (C=O) groups is 1. The summed E-state index contributed by atoms with van der Waals surface area (Å²) in [6.07, 6.45) is 5.85. The van der Waals surface area contributed by atoms with Crippen LogP contribution in [0.15, 0.2) is 18.5 Å². The van der Waals surface area contributed by atoms with Gasteiger partial charge in [-0.1, -0.05) is 0 Å². The molecule has 0 spiro atoms. The van der Waals surface area contributed by atoms with Gasteiger partial charge >= 0.3 is 6.03 Å². The van der Waals surface area contributed by atoms with Crippen LogP contribution in [0, 0.1) is 0 Å². The van der Waals surface area contributed by atoms with Crippen LogP contribution in [0.3, 0.4) is 0 Å². The molecular weight excluding hydrogens is 244 g/mol. The first-order chi connectivity index (χ1) is 9.15. The van der Waals surface area contributed by atoms with Crippen molar-refractivity contribution in [2.45, 2.75) is 51.4 Å². The van der Waals surface area contributed by atoms with Crippen LogP contribution in [0.25, 0.3) is 0 Å². The van der Waals surface area contributed by atoms with Crippen LogP contribution in [0.5, 0.6) is 0 Å². The number of urea groups is 1. The van der Waals surface area contributed by atoms with Crippen molar-refractivity contribution in [2.75, 3.05) is 6.61 Å². The van der Waals surface area contributed by atoms with Gasteiger partial charge < -0.3 is 15.4 Å². The van der Waals surface area contributed by atoms with E-state index in [4.69, 9.17) is 4.74 Å². The minimum absolute atomic E-state index is 0.0246.